The van der Waals surface area contributed by atoms with Crippen molar-refractivity contribution >= 4 is 40.7 Å². The summed E-state index contributed by atoms with van der Waals surface area (Å²) in [7, 11) is 0. The SMILES string of the molecule is CCCN1C(=O)C(=O)/C(=C(\O)c2ccc3c(c2)CCCO3)C1c1ccc(Cl)c(Cl)c1. The predicted octanol–water partition coefficient (Wildman–Crippen LogP) is 5.15. The maximum atomic E-state index is 12.9. The van der Waals surface area contributed by atoms with Crippen LogP contribution in [0.2, 0.25) is 10.0 Å². The van der Waals surface area contributed by atoms with Crippen LogP contribution < -0.4 is 4.74 Å². The molecule has 1 unspecified atom stereocenters. The summed E-state index contributed by atoms with van der Waals surface area (Å²) >= 11 is 12.3. The van der Waals surface area contributed by atoms with Crippen LogP contribution >= 0.6 is 23.2 Å². The second-order valence-electron chi connectivity index (χ2n) is 7.44. The second-order valence-corrected chi connectivity index (χ2v) is 8.25. The number of rotatable bonds is 4. The normalized spacial score (nSPS) is 20.2. The standard InChI is InChI=1S/C23H21Cl2NO4/c1-2-9-26-20(14-5-7-16(24)17(25)12-14)19(22(28)23(26)29)21(27)15-6-8-18-13(11-15)4-3-10-30-18/h5-8,11-12,20,27H,2-4,9-10H2,1H3/b21-19-. The fraction of sp³-hybridized carbons (Fsp3) is 0.304. The molecule has 156 valence electrons. The molecule has 2 heterocycles. The van der Waals surface area contributed by atoms with Gasteiger partial charge in [0.25, 0.3) is 11.7 Å². The number of benzene rings is 2. The van der Waals surface area contributed by atoms with E-state index >= 15 is 0 Å². The number of ether oxygens (including phenoxy) is 1. The van der Waals surface area contributed by atoms with E-state index in [1.807, 2.05) is 13.0 Å². The summed E-state index contributed by atoms with van der Waals surface area (Å²) in [6.07, 6.45) is 2.39. The number of hydrogen-bond acceptors (Lipinski definition) is 4. The molecule has 30 heavy (non-hydrogen) atoms. The Balaban J connectivity index is 1.86. The molecule has 7 heteroatoms. The third-order valence-electron chi connectivity index (χ3n) is 5.45. The van der Waals surface area contributed by atoms with Gasteiger partial charge >= 0.3 is 0 Å². The van der Waals surface area contributed by atoms with E-state index in [9.17, 15) is 14.7 Å². The summed E-state index contributed by atoms with van der Waals surface area (Å²) in [4.78, 5) is 27.2. The Morgan fingerprint density at radius 3 is 2.70 bits per heavy atom. The van der Waals surface area contributed by atoms with Gasteiger partial charge in [0.05, 0.1) is 28.3 Å². The van der Waals surface area contributed by atoms with Crippen molar-refractivity contribution in [2.24, 2.45) is 0 Å². The topological polar surface area (TPSA) is 66.8 Å². The van der Waals surface area contributed by atoms with Crippen molar-refractivity contribution in [2.45, 2.75) is 32.2 Å². The number of amides is 1. The number of Topliss-reactive ketones (excluding diaryl/α,β-unsaturated/α-hetero) is 1. The first-order chi connectivity index (χ1) is 14.4. The first-order valence-electron chi connectivity index (χ1n) is 9.91. The van der Waals surface area contributed by atoms with E-state index in [1.54, 1.807) is 30.3 Å². The lowest BCUT2D eigenvalue weighted by atomic mass is 9.94. The van der Waals surface area contributed by atoms with Crippen LogP contribution in [0.5, 0.6) is 5.75 Å². The number of halogens is 2. The monoisotopic (exact) mass is 445 g/mol. The van der Waals surface area contributed by atoms with Gasteiger partial charge in [0.15, 0.2) is 0 Å². The summed E-state index contributed by atoms with van der Waals surface area (Å²) in [5, 5.41) is 11.8. The Morgan fingerprint density at radius 1 is 1.17 bits per heavy atom. The average molecular weight is 446 g/mol. The lowest BCUT2D eigenvalue weighted by Crippen LogP contribution is -2.30. The first kappa shape index (κ1) is 20.8. The Hall–Kier alpha value is -2.50. The minimum Gasteiger partial charge on any atom is -0.507 e. The van der Waals surface area contributed by atoms with Crippen LogP contribution in [0.1, 0.15) is 42.5 Å². The van der Waals surface area contributed by atoms with Crippen molar-refractivity contribution in [2.75, 3.05) is 13.2 Å². The zero-order valence-electron chi connectivity index (χ0n) is 16.5. The van der Waals surface area contributed by atoms with Crippen LogP contribution in [-0.2, 0) is 16.0 Å². The summed E-state index contributed by atoms with van der Waals surface area (Å²) < 4.78 is 5.63. The Kier molecular flexibility index (Phi) is 5.76. The number of carbonyl (C=O) groups is 2. The van der Waals surface area contributed by atoms with Crippen LogP contribution in [0.4, 0.5) is 0 Å². The molecule has 1 atom stereocenters. The van der Waals surface area contributed by atoms with Gasteiger partial charge in [-0.2, -0.15) is 0 Å². The maximum absolute atomic E-state index is 12.9. The molecule has 1 saturated heterocycles. The summed E-state index contributed by atoms with van der Waals surface area (Å²) in [5.74, 6) is -0.747. The molecule has 1 N–H and O–H groups in total. The fourth-order valence-corrected chi connectivity index (χ4v) is 4.35. The van der Waals surface area contributed by atoms with Crippen LogP contribution in [0.3, 0.4) is 0 Å². The lowest BCUT2D eigenvalue weighted by molar-refractivity contribution is -0.139. The highest BCUT2D eigenvalue weighted by molar-refractivity contribution is 6.46. The van der Waals surface area contributed by atoms with E-state index in [1.165, 1.54) is 4.90 Å². The number of aryl methyl sites for hydroxylation is 1. The quantitative estimate of drug-likeness (QED) is 0.401. The number of aliphatic hydroxyl groups is 1. The Morgan fingerprint density at radius 2 is 1.97 bits per heavy atom. The molecule has 0 aliphatic carbocycles. The van der Waals surface area contributed by atoms with Crippen LogP contribution in [0.25, 0.3) is 5.76 Å². The van der Waals surface area contributed by atoms with Crippen molar-refractivity contribution in [3.63, 3.8) is 0 Å². The van der Waals surface area contributed by atoms with E-state index in [-0.39, 0.29) is 11.3 Å². The van der Waals surface area contributed by atoms with Gasteiger partial charge in [-0.3, -0.25) is 9.59 Å². The van der Waals surface area contributed by atoms with Gasteiger partial charge in [-0.25, -0.2) is 0 Å². The van der Waals surface area contributed by atoms with Gasteiger partial charge in [0, 0.05) is 12.1 Å². The Bertz CT molecular complexity index is 1060. The average Bonchev–Trinajstić information content (AvgIpc) is 3.00. The van der Waals surface area contributed by atoms with Crippen molar-refractivity contribution in [1.82, 2.24) is 4.90 Å². The number of aliphatic hydroxyl groups excluding tert-OH is 1. The highest BCUT2D eigenvalue weighted by Gasteiger charge is 2.45. The molecule has 2 aliphatic heterocycles. The molecule has 1 fully saturated rings. The number of ketones is 1. The van der Waals surface area contributed by atoms with E-state index in [0.29, 0.717) is 40.7 Å². The molecular weight excluding hydrogens is 425 g/mol. The van der Waals surface area contributed by atoms with Gasteiger partial charge in [0.1, 0.15) is 11.5 Å². The zero-order chi connectivity index (χ0) is 21.4. The lowest BCUT2D eigenvalue weighted by Gasteiger charge is -2.25. The fourth-order valence-electron chi connectivity index (χ4n) is 4.04. The molecule has 0 aromatic heterocycles. The maximum Gasteiger partial charge on any atom is 0.295 e. The molecule has 0 saturated carbocycles. The van der Waals surface area contributed by atoms with E-state index in [4.69, 9.17) is 27.9 Å². The van der Waals surface area contributed by atoms with Crippen molar-refractivity contribution < 1.29 is 19.4 Å². The molecule has 0 spiro atoms. The van der Waals surface area contributed by atoms with E-state index in [0.717, 1.165) is 24.2 Å². The molecule has 2 aliphatic rings. The van der Waals surface area contributed by atoms with E-state index in [2.05, 4.69) is 0 Å². The predicted molar refractivity (Wildman–Crippen MR) is 116 cm³/mol. The largest absolute Gasteiger partial charge is 0.507 e. The second kappa shape index (κ2) is 8.32. The van der Waals surface area contributed by atoms with Crippen LogP contribution in [0.15, 0.2) is 42.0 Å². The van der Waals surface area contributed by atoms with Crippen molar-refractivity contribution in [1.29, 1.82) is 0 Å². The third kappa shape index (κ3) is 3.57. The molecule has 4 rings (SSSR count). The van der Waals surface area contributed by atoms with Gasteiger partial charge in [-0.15, -0.1) is 0 Å². The first-order valence-corrected chi connectivity index (χ1v) is 10.7. The molecule has 0 bridgehead atoms. The molecule has 5 nitrogen and oxygen atoms in total. The summed E-state index contributed by atoms with van der Waals surface area (Å²) in [6, 6.07) is 9.58. The van der Waals surface area contributed by atoms with Gasteiger partial charge in [0.2, 0.25) is 0 Å². The molecule has 2 aromatic rings. The summed E-state index contributed by atoms with van der Waals surface area (Å²) in [6.45, 7) is 2.97. The van der Waals surface area contributed by atoms with Crippen LogP contribution in [0, 0.1) is 0 Å². The third-order valence-corrected chi connectivity index (χ3v) is 6.18. The number of fused-ring (bicyclic) bond motifs is 1. The highest BCUT2D eigenvalue weighted by atomic mass is 35.5. The number of hydrogen-bond donors (Lipinski definition) is 1. The zero-order valence-corrected chi connectivity index (χ0v) is 18.0. The molecule has 2 aromatic carbocycles. The van der Waals surface area contributed by atoms with Crippen LogP contribution in [-0.4, -0.2) is 34.8 Å². The van der Waals surface area contributed by atoms with Gasteiger partial charge < -0.3 is 14.7 Å². The van der Waals surface area contributed by atoms with Gasteiger partial charge in [-0.1, -0.05) is 36.2 Å². The minimum atomic E-state index is -0.730. The number of nitrogens with zero attached hydrogens (tertiary/aromatic N) is 1. The minimum absolute atomic E-state index is 0.0588. The molecular formula is C23H21Cl2NO4. The van der Waals surface area contributed by atoms with Crippen molar-refractivity contribution in [3.05, 3.63) is 68.7 Å². The number of likely N-dealkylation sites (tertiary alicyclic amines) is 1. The Labute approximate surface area is 184 Å². The van der Waals surface area contributed by atoms with Crippen molar-refractivity contribution in [3.8, 4) is 5.75 Å². The molecule has 1 amide bonds. The smallest absolute Gasteiger partial charge is 0.295 e. The number of carbonyl (C=O) groups excluding carboxylic acids is 2. The summed E-state index contributed by atoms with van der Waals surface area (Å²) in [5.41, 5.74) is 2.14. The molecule has 0 radical (unpaired) electrons. The van der Waals surface area contributed by atoms with E-state index < -0.39 is 17.7 Å². The van der Waals surface area contributed by atoms with Gasteiger partial charge in [-0.05, 0) is 60.7 Å². The highest BCUT2D eigenvalue weighted by Crippen LogP contribution is 2.41.